The Hall–Kier alpha value is -1.64. The van der Waals surface area contributed by atoms with Crippen LogP contribution in [0, 0.1) is 0 Å². The van der Waals surface area contributed by atoms with Gasteiger partial charge in [-0.05, 0) is 18.2 Å². The van der Waals surface area contributed by atoms with Crippen LogP contribution in [0.2, 0.25) is 0 Å². The third-order valence-electron chi connectivity index (χ3n) is 4.17. The summed E-state index contributed by atoms with van der Waals surface area (Å²) in [5, 5.41) is 0. The quantitative estimate of drug-likeness (QED) is 0.842. The summed E-state index contributed by atoms with van der Waals surface area (Å²) in [6, 6.07) is 22.1. The SMILES string of the molecule is CN1CCN(Cc2ccccc2)CC1c1ccccc1. The molecule has 0 N–H and O–H groups in total. The molecular weight excluding hydrogens is 244 g/mol. The van der Waals surface area contributed by atoms with Gasteiger partial charge in [-0.3, -0.25) is 9.80 Å². The molecule has 0 bridgehead atoms. The van der Waals surface area contributed by atoms with Crippen molar-refractivity contribution in [3.8, 4) is 0 Å². The molecule has 2 heteroatoms. The summed E-state index contributed by atoms with van der Waals surface area (Å²) in [7, 11) is 2.23. The van der Waals surface area contributed by atoms with Gasteiger partial charge >= 0.3 is 0 Å². The normalized spacial score (nSPS) is 20.9. The Labute approximate surface area is 121 Å². The Bertz CT molecular complexity index is 524. The van der Waals surface area contributed by atoms with E-state index in [1.807, 2.05) is 0 Å². The van der Waals surface area contributed by atoms with Gasteiger partial charge in [0.05, 0.1) is 0 Å². The highest BCUT2D eigenvalue weighted by Crippen LogP contribution is 2.24. The van der Waals surface area contributed by atoms with E-state index in [0.717, 1.165) is 26.2 Å². The first kappa shape index (κ1) is 13.3. The zero-order valence-electron chi connectivity index (χ0n) is 12.1. The van der Waals surface area contributed by atoms with Crippen LogP contribution < -0.4 is 0 Å². The molecule has 0 aromatic heterocycles. The average molecular weight is 266 g/mol. The number of rotatable bonds is 3. The number of hydrogen-bond acceptors (Lipinski definition) is 2. The lowest BCUT2D eigenvalue weighted by Crippen LogP contribution is -2.46. The van der Waals surface area contributed by atoms with Crippen LogP contribution in [0.25, 0.3) is 0 Å². The summed E-state index contributed by atoms with van der Waals surface area (Å²) in [4.78, 5) is 5.03. The van der Waals surface area contributed by atoms with Gasteiger partial charge in [0.2, 0.25) is 0 Å². The van der Waals surface area contributed by atoms with Crippen LogP contribution >= 0.6 is 0 Å². The Kier molecular flexibility index (Phi) is 4.14. The van der Waals surface area contributed by atoms with E-state index in [1.54, 1.807) is 0 Å². The topological polar surface area (TPSA) is 6.48 Å². The van der Waals surface area contributed by atoms with Crippen molar-refractivity contribution in [3.63, 3.8) is 0 Å². The molecule has 1 atom stereocenters. The molecule has 2 nitrogen and oxygen atoms in total. The third kappa shape index (κ3) is 3.09. The highest BCUT2D eigenvalue weighted by Gasteiger charge is 2.25. The summed E-state index contributed by atoms with van der Waals surface area (Å²) >= 11 is 0. The predicted molar refractivity (Wildman–Crippen MR) is 83.5 cm³/mol. The van der Waals surface area contributed by atoms with Gasteiger partial charge in [0.1, 0.15) is 0 Å². The lowest BCUT2D eigenvalue weighted by molar-refractivity contribution is 0.0905. The minimum Gasteiger partial charge on any atom is -0.297 e. The molecule has 2 aromatic rings. The summed E-state index contributed by atoms with van der Waals surface area (Å²) in [6.45, 7) is 4.44. The van der Waals surface area contributed by atoms with E-state index in [-0.39, 0.29) is 0 Å². The van der Waals surface area contributed by atoms with Gasteiger partial charge in [0.25, 0.3) is 0 Å². The molecule has 1 unspecified atom stereocenters. The van der Waals surface area contributed by atoms with Crippen LogP contribution in [-0.4, -0.2) is 36.5 Å². The molecule has 1 fully saturated rings. The first-order valence-electron chi connectivity index (χ1n) is 7.34. The van der Waals surface area contributed by atoms with Crippen molar-refractivity contribution in [2.75, 3.05) is 26.7 Å². The molecule has 104 valence electrons. The molecule has 1 aliphatic heterocycles. The zero-order chi connectivity index (χ0) is 13.8. The minimum atomic E-state index is 0.508. The van der Waals surface area contributed by atoms with E-state index < -0.39 is 0 Å². The largest absolute Gasteiger partial charge is 0.297 e. The number of hydrogen-bond donors (Lipinski definition) is 0. The Morgan fingerprint density at radius 3 is 2.25 bits per heavy atom. The molecule has 0 aliphatic carbocycles. The van der Waals surface area contributed by atoms with E-state index >= 15 is 0 Å². The zero-order valence-corrected chi connectivity index (χ0v) is 12.1. The van der Waals surface area contributed by atoms with Crippen molar-refractivity contribution in [3.05, 3.63) is 71.8 Å². The molecular formula is C18H22N2. The van der Waals surface area contributed by atoms with Crippen molar-refractivity contribution in [2.24, 2.45) is 0 Å². The van der Waals surface area contributed by atoms with Crippen molar-refractivity contribution in [1.29, 1.82) is 0 Å². The maximum Gasteiger partial charge on any atom is 0.0472 e. The molecule has 1 saturated heterocycles. The predicted octanol–water partition coefficient (Wildman–Crippen LogP) is 3.18. The number of nitrogens with zero attached hydrogens (tertiary/aromatic N) is 2. The molecule has 2 aromatic carbocycles. The highest BCUT2D eigenvalue weighted by atomic mass is 15.3. The Balaban J connectivity index is 1.70. The van der Waals surface area contributed by atoms with Gasteiger partial charge in [0, 0.05) is 32.2 Å². The lowest BCUT2D eigenvalue weighted by atomic mass is 10.0. The molecule has 0 radical (unpaired) electrons. The summed E-state index contributed by atoms with van der Waals surface area (Å²) in [5.41, 5.74) is 2.83. The monoisotopic (exact) mass is 266 g/mol. The Morgan fingerprint density at radius 2 is 1.55 bits per heavy atom. The van der Waals surface area contributed by atoms with Gasteiger partial charge in [-0.25, -0.2) is 0 Å². The second kappa shape index (κ2) is 6.21. The second-order valence-electron chi connectivity index (χ2n) is 5.63. The van der Waals surface area contributed by atoms with Gasteiger partial charge in [0.15, 0.2) is 0 Å². The van der Waals surface area contributed by atoms with E-state index in [4.69, 9.17) is 0 Å². The third-order valence-corrected chi connectivity index (χ3v) is 4.17. The molecule has 20 heavy (non-hydrogen) atoms. The lowest BCUT2D eigenvalue weighted by Gasteiger charge is -2.39. The van der Waals surface area contributed by atoms with Gasteiger partial charge in [-0.2, -0.15) is 0 Å². The summed E-state index contributed by atoms with van der Waals surface area (Å²) in [6.07, 6.45) is 0. The average Bonchev–Trinajstić information content (AvgIpc) is 2.51. The van der Waals surface area contributed by atoms with Crippen molar-refractivity contribution in [1.82, 2.24) is 9.80 Å². The molecule has 0 saturated carbocycles. The van der Waals surface area contributed by atoms with Crippen LogP contribution in [0.1, 0.15) is 17.2 Å². The van der Waals surface area contributed by atoms with E-state index in [0.29, 0.717) is 6.04 Å². The molecule has 1 aliphatic rings. The smallest absolute Gasteiger partial charge is 0.0472 e. The van der Waals surface area contributed by atoms with E-state index in [1.165, 1.54) is 11.1 Å². The summed E-state index contributed by atoms with van der Waals surface area (Å²) < 4.78 is 0. The van der Waals surface area contributed by atoms with Crippen LogP contribution in [0.5, 0.6) is 0 Å². The molecule has 0 spiro atoms. The fourth-order valence-electron chi connectivity index (χ4n) is 2.95. The fourth-order valence-corrected chi connectivity index (χ4v) is 2.95. The van der Waals surface area contributed by atoms with Gasteiger partial charge in [-0.1, -0.05) is 60.7 Å². The first-order valence-corrected chi connectivity index (χ1v) is 7.34. The minimum absolute atomic E-state index is 0.508. The van der Waals surface area contributed by atoms with Gasteiger partial charge < -0.3 is 0 Å². The molecule has 3 rings (SSSR count). The number of benzene rings is 2. The standard InChI is InChI=1S/C18H22N2/c1-19-12-13-20(14-16-8-4-2-5-9-16)15-18(19)17-10-6-3-7-11-17/h2-11,18H,12-15H2,1H3. The van der Waals surface area contributed by atoms with Crippen molar-refractivity contribution >= 4 is 0 Å². The van der Waals surface area contributed by atoms with Crippen molar-refractivity contribution < 1.29 is 0 Å². The van der Waals surface area contributed by atoms with Crippen LogP contribution in [0.3, 0.4) is 0 Å². The number of piperazine rings is 1. The van der Waals surface area contributed by atoms with E-state index in [9.17, 15) is 0 Å². The maximum atomic E-state index is 2.56. The second-order valence-corrected chi connectivity index (χ2v) is 5.63. The summed E-state index contributed by atoms with van der Waals surface area (Å²) in [5.74, 6) is 0. The van der Waals surface area contributed by atoms with E-state index in [2.05, 4.69) is 77.5 Å². The highest BCUT2D eigenvalue weighted by molar-refractivity contribution is 5.20. The molecule has 1 heterocycles. The maximum absolute atomic E-state index is 2.56. The fraction of sp³-hybridized carbons (Fsp3) is 0.333. The van der Waals surface area contributed by atoms with Crippen molar-refractivity contribution in [2.45, 2.75) is 12.6 Å². The van der Waals surface area contributed by atoms with Crippen LogP contribution in [0.15, 0.2) is 60.7 Å². The number of likely N-dealkylation sites (N-methyl/N-ethyl adjacent to an activating group) is 1. The first-order chi connectivity index (χ1) is 9.83. The van der Waals surface area contributed by atoms with Crippen LogP contribution in [-0.2, 0) is 6.54 Å². The van der Waals surface area contributed by atoms with Gasteiger partial charge in [-0.15, -0.1) is 0 Å². The van der Waals surface area contributed by atoms with Crippen LogP contribution in [0.4, 0.5) is 0 Å². The molecule has 0 amide bonds. The Morgan fingerprint density at radius 1 is 0.900 bits per heavy atom.